The number of hydrogen-bond acceptors (Lipinski definition) is 10. The van der Waals surface area contributed by atoms with E-state index in [9.17, 15) is 13.2 Å². The van der Waals surface area contributed by atoms with Gasteiger partial charge in [0.25, 0.3) is 15.9 Å². The van der Waals surface area contributed by atoms with Crippen LogP contribution in [0.25, 0.3) is 0 Å². The predicted octanol–water partition coefficient (Wildman–Crippen LogP) is 4.53. The number of likely N-dealkylation sites (N-methyl/N-ethyl adjacent to an activating group) is 1. The van der Waals surface area contributed by atoms with Crippen LogP contribution in [-0.2, 0) is 36.4 Å². The molecule has 2 aliphatic rings. The molecular formula is C34H41ClN4O8S. The van der Waals surface area contributed by atoms with Crippen molar-refractivity contribution in [2.24, 2.45) is 0 Å². The van der Waals surface area contributed by atoms with Gasteiger partial charge in [-0.3, -0.25) is 9.69 Å². The lowest BCUT2D eigenvalue weighted by Crippen LogP contribution is -2.57. The zero-order valence-electron chi connectivity index (χ0n) is 27.9. The van der Waals surface area contributed by atoms with Gasteiger partial charge in [0.15, 0.2) is 11.8 Å². The Morgan fingerprint density at radius 2 is 1.71 bits per heavy atom. The van der Waals surface area contributed by atoms with Gasteiger partial charge < -0.3 is 23.8 Å². The number of amides is 2. The first-order valence-corrected chi connectivity index (χ1v) is 17.2. The Morgan fingerprint density at radius 3 is 2.35 bits per heavy atom. The van der Waals surface area contributed by atoms with Crippen molar-refractivity contribution in [2.45, 2.75) is 36.0 Å². The van der Waals surface area contributed by atoms with Crippen molar-refractivity contribution in [3.05, 3.63) is 82.4 Å². The molecule has 258 valence electrons. The first-order valence-electron chi connectivity index (χ1n) is 15.4. The summed E-state index contributed by atoms with van der Waals surface area (Å²) in [6, 6.07) is 16.0. The summed E-state index contributed by atoms with van der Waals surface area (Å²) in [5.74, 6) is 0.0419. The number of ether oxygens (including phenoxy) is 4. The SMILES string of the molecule is COCCN(C)Cc1ccc(OC)c(C2(N3CCC[C@@H]3OC(=O)N(C)C)C(=O)N(S(=O)(=O)c3ccc(OC)cc3)c3ccc(Cl)cc32)c1. The molecule has 12 nitrogen and oxygen atoms in total. The van der Waals surface area contributed by atoms with Crippen LogP contribution >= 0.6 is 11.6 Å². The Morgan fingerprint density at radius 1 is 0.979 bits per heavy atom. The summed E-state index contributed by atoms with van der Waals surface area (Å²) in [6.07, 6.45) is -0.486. The Balaban J connectivity index is 1.79. The summed E-state index contributed by atoms with van der Waals surface area (Å²) in [6.45, 7) is 1.99. The van der Waals surface area contributed by atoms with E-state index in [2.05, 4.69) is 4.90 Å². The summed E-state index contributed by atoms with van der Waals surface area (Å²) >= 11 is 6.64. The van der Waals surface area contributed by atoms with E-state index in [1.165, 1.54) is 49.5 Å². The van der Waals surface area contributed by atoms with E-state index < -0.39 is 33.8 Å². The average molecular weight is 701 g/mol. The van der Waals surface area contributed by atoms with Crippen LogP contribution in [0.4, 0.5) is 10.5 Å². The van der Waals surface area contributed by atoms with Gasteiger partial charge in [-0.15, -0.1) is 0 Å². The van der Waals surface area contributed by atoms with Crippen molar-refractivity contribution in [2.75, 3.05) is 66.5 Å². The molecule has 1 unspecified atom stereocenters. The highest BCUT2D eigenvalue weighted by molar-refractivity contribution is 7.93. The summed E-state index contributed by atoms with van der Waals surface area (Å²) in [7, 11) is 5.23. The fourth-order valence-corrected chi connectivity index (χ4v) is 8.00. The summed E-state index contributed by atoms with van der Waals surface area (Å²) in [5.41, 5.74) is -0.114. The molecule has 0 bridgehead atoms. The lowest BCUT2D eigenvalue weighted by atomic mass is 9.80. The predicted molar refractivity (Wildman–Crippen MR) is 181 cm³/mol. The van der Waals surface area contributed by atoms with Crippen LogP contribution in [0, 0.1) is 0 Å². The second-order valence-corrected chi connectivity index (χ2v) is 14.2. The smallest absolute Gasteiger partial charge is 0.410 e. The molecule has 1 fully saturated rings. The molecule has 2 amide bonds. The van der Waals surface area contributed by atoms with E-state index in [0.717, 1.165) is 9.87 Å². The number of hydrogen-bond donors (Lipinski definition) is 0. The fraction of sp³-hybridized carbons (Fsp3) is 0.412. The van der Waals surface area contributed by atoms with Crippen molar-refractivity contribution in [1.82, 2.24) is 14.7 Å². The maximum Gasteiger partial charge on any atom is 0.410 e. The van der Waals surface area contributed by atoms with Crippen LogP contribution < -0.4 is 13.8 Å². The normalized spacial score (nSPS) is 19.5. The van der Waals surface area contributed by atoms with Gasteiger partial charge in [0.1, 0.15) is 11.5 Å². The topological polar surface area (TPSA) is 118 Å². The van der Waals surface area contributed by atoms with Crippen LogP contribution in [0.1, 0.15) is 29.5 Å². The Labute approximate surface area is 286 Å². The molecule has 1 saturated heterocycles. The van der Waals surface area contributed by atoms with E-state index in [1.807, 2.05) is 19.2 Å². The molecule has 0 aromatic heterocycles. The number of fused-ring (bicyclic) bond motifs is 1. The highest BCUT2D eigenvalue weighted by atomic mass is 35.5. The molecule has 5 rings (SSSR count). The number of anilines is 1. The van der Waals surface area contributed by atoms with Crippen LogP contribution in [0.2, 0.25) is 5.02 Å². The van der Waals surface area contributed by atoms with Crippen LogP contribution in [0.5, 0.6) is 11.5 Å². The quantitative estimate of drug-likeness (QED) is 0.267. The summed E-state index contributed by atoms with van der Waals surface area (Å²) in [4.78, 5) is 33.4. The number of likely N-dealkylation sites (tertiary alicyclic amines) is 1. The van der Waals surface area contributed by atoms with Gasteiger partial charge in [-0.1, -0.05) is 17.7 Å². The molecule has 3 aromatic rings. The van der Waals surface area contributed by atoms with Gasteiger partial charge in [0.2, 0.25) is 0 Å². The second-order valence-electron chi connectivity index (χ2n) is 12.0. The van der Waals surface area contributed by atoms with Crippen molar-refractivity contribution >= 4 is 39.3 Å². The van der Waals surface area contributed by atoms with E-state index in [0.29, 0.717) is 66.7 Å². The molecule has 0 saturated carbocycles. The molecule has 2 aliphatic heterocycles. The first kappa shape index (κ1) is 35.4. The number of methoxy groups -OCH3 is 3. The van der Waals surface area contributed by atoms with E-state index in [-0.39, 0.29) is 10.6 Å². The maximum atomic E-state index is 15.4. The number of carbonyl (C=O) groups excluding carboxylic acids is 2. The molecule has 2 atom stereocenters. The van der Waals surface area contributed by atoms with Gasteiger partial charge in [-0.05, 0) is 80.1 Å². The third-order valence-corrected chi connectivity index (χ3v) is 10.6. The molecule has 48 heavy (non-hydrogen) atoms. The Kier molecular flexibility index (Phi) is 10.6. The van der Waals surface area contributed by atoms with Gasteiger partial charge in [0.05, 0.1) is 31.4 Å². The summed E-state index contributed by atoms with van der Waals surface area (Å²) < 4.78 is 52.2. The molecular weight excluding hydrogens is 660 g/mol. The van der Waals surface area contributed by atoms with Crippen LogP contribution in [0.15, 0.2) is 65.6 Å². The monoisotopic (exact) mass is 700 g/mol. The highest BCUT2D eigenvalue weighted by Gasteiger charge is 2.63. The molecule has 0 N–H and O–H groups in total. The van der Waals surface area contributed by atoms with Crippen LogP contribution in [0.3, 0.4) is 0 Å². The van der Waals surface area contributed by atoms with Gasteiger partial charge in [-0.25, -0.2) is 22.4 Å². The molecule has 2 heterocycles. The third kappa shape index (κ3) is 6.32. The zero-order chi connectivity index (χ0) is 34.8. The van der Waals surface area contributed by atoms with Gasteiger partial charge >= 0.3 is 6.09 Å². The fourth-order valence-electron chi connectivity index (χ4n) is 6.37. The molecule has 0 aliphatic carbocycles. The minimum atomic E-state index is -4.48. The van der Waals surface area contributed by atoms with Crippen molar-refractivity contribution in [1.29, 1.82) is 0 Å². The van der Waals surface area contributed by atoms with Gasteiger partial charge in [-0.2, -0.15) is 0 Å². The number of rotatable bonds is 12. The van der Waals surface area contributed by atoms with Crippen LogP contribution in [-0.4, -0.2) is 104 Å². The van der Waals surface area contributed by atoms with E-state index in [1.54, 1.807) is 44.3 Å². The molecule has 14 heteroatoms. The lowest BCUT2D eigenvalue weighted by molar-refractivity contribution is -0.132. The zero-order valence-corrected chi connectivity index (χ0v) is 29.5. The number of nitrogens with zero attached hydrogens (tertiary/aromatic N) is 4. The minimum Gasteiger partial charge on any atom is -0.497 e. The number of carbonyl (C=O) groups is 2. The second kappa shape index (κ2) is 14.3. The first-order chi connectivity index (χ1) is 22.9. The average Bonchev–Trinajstić information content (AvgIpc) is 3.63. The Bertz CT molecular complexity index is 1770. The van der Waals surface area contributed by atoms with E-state index >= 15 is 4.79 Å². The molecule has 3 aromatic carbocycles. The number of halogens is 1. The Hall–Kier alpha value is -3.88. The highest BCUT2D eigenvalue weighted by Crippen LogP contribution is 2.55. The van der Waals surface area contributed by atoms with Crippen molar-refractivity contribution in [3.8, 4) is 11.5 Å². The number of sulfonamides is 1. The minimum absolute atomic E-state index is 0.106. The largest absolute Gasteiger partial charge is 0.497 e. The van der Waals surface area contributed by atoms with E-state index in [4.69, 9.17) is 30.5 Å². The van der Waals surface area contributed by atoms with Crippen molar-refractivity contribution in [3.63, 3.8) is 0 Å². The van der Waals surface area contributed by atoms with Crippen molar-refractivity contribution < 1.29 is 37.0 Å². The summed E-state index contributed by atoms with van der Waals surface area (Å²) in [5, 5.41) is 0.296. The maximum absolute atomic E-state index is 15.4. The van der Waals surface area contributed by atoms with Gasteiger partial charge in [0, 0.05) is 57.0 Å². The molecule has 0 spiro atoms. The number of benzene rings is 3. The standard InChI is InChI=1S/C34H41ClN4O8S/c1-36(2)33(41)47-31-8-7-17-38(31)34(28-20-23(9-16-30(28)46-6)22-37(3)18-19-44-4)27-21-24(35)10-15-29(27)39(32(34)40)48(42,43)26-13-11-25(45-5)12-14-26/h9-16,20-21,31H,7-8,17-19,22H2,1-6H3/t31-,34?/m0/s1. The lowest BCUT2D eigenvalue weighted by Gasteiger charge is -2.41. The third-order valence-electron chi connectivity index (χ3n) is 8.67. The molecule has 0 radical (unpaired) electrons.